The number of nitrogens with zero attached hydrogens (tertiary/aromatic N) is 1. The second-order valence-electron chi connectivity index (χ2n) is 5.97. The minimum Gasteiger partial charge on any atom is -0.302 e. The molecule has 0 spiro atoms. The van der Waals surface area contributed by atoms with Gasteiger partial charge in [-0.1, -0.05) is 29.8 Å². The van der Waals surface area contributed by atoms with Gasteiger partial charge in [-0.05, 0) is 36.8 Å². The summed E-state index contributed by atoms with van der Waals surface area (Å²) in [7, 11) is -3.87. The minimum absolute atomic E-state index is 0.0733. The predicted octanol–water partition coefficient (Wildman–Crippen LogP) is 2.78. The third-order valence-electron chi connectivity index (χ3n) is 4.48. The van der Waals surface area contributed by atoms with Crippen LogP contribution in [-0.2, 0) is 14.6 Å². The summed E-state index contributed by atoms with van der Waals surface area (Å²) in [6.45, 7) is 1.83. The van der Waals surface area contributed by atoms with Crippen LogP contribution in [0.4, 0.5) is 4.39 Å². The van der Waals surface area contributed by atoms with Gasteiger partial charge in [-0.25, -0.2) is 12.8 Å². The van der Waals surface area contributed by atoms with Crippen molar-refractivity contribution in [3.8, 4) is 6.07 Å². The highest BCUT2D eigenvalue weighted by Crippen LogP contribution is 2.62. The number of sulfone groups is 1. The van der Waals surface area contributed by atoms with Crippen molar-refractivity contribution in [2.45, 2.75) is 23.0 Å². The number of hydrogen-bond acceptors (Lipinski definition) is 4. The molecule has 122 valence electrons. The quantitative estimate of drug-likeness (QED) is 0.800. The minimum atomic E-state index is -3.87. The lowest BCUT2D eigenvalue weighted by Crippen LogP contribution is -2.16. The Morgan fingerprint density at radius 1 is 1.12 bits per heavy atom. The Kier molecular flexibility index (Phi) is 3.77. The molecule has 0 amide bonds. The number of carbonyl (C=O) groups excluding carboxylic acids is 1. The summed E-state index contributed by atoms with van der Waals surface area (Å²) in [5, 5.41) is 8.28. The third kappa shape index (κ3) is 2.33. The Morgan fingerprint density at radius 2 is 1.71 bits per heavy atom. The smallest absolute Gasteiger partial charge is 0.183 e. The van der Waals surface area contributed by atoms with Gasteiger partial charge < -0.3 is 4.79 Å². The average molecular weight is 343 g/mol. The van der Waals surface area contributed by atoms with E-state index >= 15 is 0 Å². The maximum absolute atomic E-state index is 13.1. The van der Waals surface area contributed by atoms with E-state index in [0.29, 0.717) is 11.8 Å². The number of rotatable bonds is 4. The Bertz CT molecular complexity index is 930. The van der Waals surface area contributed by atoms with E-state index in [9.17, 15) is 22.9 Å². The van der Waals surface area contributed by atoms with Gasteiger partial charge in [-0.3, -0.25) is 0 Å². The number of halogens is 1. The Morgan fingerprint density at radius 3 is 2.21 bits per heavy atom. The fraction of sp³-hybridized carbons (Fsp3) is 0.222. The van der Waals surface area contributed by atoms with Crippen molar-refractivity contribution in [2.75, 3.05) is 0 Å². The summed E-state index contributed by atoms with van der Waals surface area (Å²) >= 11 is 0. The number of benzene rings is 2. The van der Waals surface area contributed by atoms with Gasteiger partial charge in [0.25, 0.3) is 0 Å². The van der Waals surface area contributed by atoms with Crippen LogP contribution in [0.1, 0.15) is 17.0 Å². The molecule has 0 radical (unpaired) electrons. The van der Waals surface area contributed by atoms with Crippen molar-refractivity contribution in [3.05, 3.63) is 65.5 Å². The van der Waals surface area contributed by atoms with E-state index in [1.54, 1.807) is 12.1 Å². The van der Waals surface area contributed by atoms with E-state index < -0.39 is 32.2 Å². The molecule has 24 heavy (non-hydrogen) atoms. The SMILES string of the molecule is Cc1ccc(S(=O)(=O)C2C(c3ccc(F)cc3)C2(C#N)C=O)cc1. The summed E-state index contributed by atoms with van der Waals surface area (Å²) in [5.41, 5.74) is -0.269. The van der Waals surface area contributed by atoms with Gasteiger partial charge >= 0.3 is 0 Å². The first-order chi connectivity index (χ1) is 11.4. The van der Waals surface area contributed by atoms with Crippen molar-refractivity contribution >= 4 is 16.1 Å². The van der Waals surface area contributed by atoms with Gasteiger partial charge in [0.15, 0.2) is 9.84 Å². The molecule has 0 bridgehead atoms. The molecule has 2 aromatic carbocycles. The number of aryl methyl sites for hydroxylation is 1. The van der Waals surface area contributed by atoms with Crippen molar-refractivity contribution in [2.24, 2.45) is 5.41 Å². The monoisotopic (exact) mass is 343 g/mol. The first-order valence-electron chi connectivity index (χ1n) is 7.30. The largest absolute Gasteiger partial charge is 0.302 e. The second kappa shape index (κ2) is 5.53. The van der Waals surface area contributed by atoms with Crippen molar-refractivity contribution in [1.29, 1.82) is 5.26 Å². The third-order valence-corrected chi connectivity index (χ3v) is 6.74. The lowest BCUT2D eigenvalue weighted by atomic mass is 10.0. The maximum Gasteiger partial charge on any atom is 0.183 e. The molecule has 0 N–H and O–H groups in total. The highest BCUT2D eigenvalue weighted by atomic mass is 32.2. The van der Waals surface area contributed by atoms with Crippen molar-refractivity contribution in [3.63, 3.8) is 0 Å². The summed E-state index contributed by atoms with van der Waals surface area (Å²) in [6, 6.07) is 13.3. The first-order valence-corrected chi connectivity index (χ1v) is 8.85. The van der Waals surface area contributed by atoms with Gasteiger partial charge in [0.05, 0.1) is 11.0 Å². The first kappa shape index (κ1) is 16.3. The van der Waals surface area contributed by atoms with E-state index in [-0.39, 0.29) is 4.90 Å². The van der Waals surface area contributed by atoms with Gasteiger partial charge in [0.1, 0.15) is 22.8 Å². The van der Waals surface area contributed by atoms with Gasteiger partial charge in [-0.15, -0.1) is 0 Å². The van der Waals surface area contributed by atoms with Crippen LogP contribution in [-0.4, -0.2) is 20.0 Å². The summed E-state index contributed by atoms with van der Waals surface area (Å²) in [5.74, 6) is -1.27. The normalized spacial score (nSPS) is 25.7. The molecule has 1 saturated carbocycles. The number of nitriles is 1. The molecule has 3 rings (SSSR count). The maximum atomic E-state index is 13.1. The summed E-state index contributed by atoms with van der Waals surface area (Å²) in [6.07, 6.45) is 0.400. The van der Waals surface area contributed by atoms with Crippen LogP contribution in [0.2, 0.25) is 0 Å². The van der Waals surface area contributed by atoms with Crippen molar-refractivity contribution < 1.29 is 17.6 Å². The van der Waals surface area contributed by atoms with E-state index in [0.717, 1.165) is 5.56 Å². The van der Waals surface area contributed by atoms with Crippen LogP contribution in [0, 0.1) is 29.5 Å². The zero-order valence-corrected chi connectivity index (χ0v) is 13.6. The van der Waals surface area contributed by atoms with Crippen LogP contribution < -0.4 is 0 Å². The molecule has 2 aromatic rings. The van der Waals surface area contributed by atoms with Gasteiger partial charge in [0, 0.05) is 5.92 Å². The predicted molar refractivity (Wildman–Crippen MR) is 85.4 cm³/mol. The molecule has 0 saturated heterocycles. The molecule has 1 fully saturated rings. The summed E-state index contributed by atoms with van der Waals surface area (Å²) < 4.78 is 38.9. The van der Waals surface area contributed by atoms with Crippen LogP contribution in [0.3, 0.4) is 0 Å². The van der Waals surface area contributed by atoms with Crippen LogP contribution in [0.15, 0.2) is 53.4 Å². The zero-order chi connectivity index (χ0) is 17.5. The standard InChI is InChI=1S/C18H14FNO3S/c1-12-2-8-15(9-3-12)24(22,23)17-16(18(17,10-20)11-21)13-4-6-14(19)7-5-13/h2-9,11,16-17H,1H3. The number of hydrogen-bond donors (Lipinski definition) is 0. The molecule has 0 aliphatic heterocycles. The average Bonchev–Trinajstić information content (AvgIpc) is 3.26. The molecule has 3 atom stereocenters. The molecule has 1 aliphatic carbocycles. The van der Waals surface area contributed by atoms with Crippen LogP contribution >= 0.6 is 0 Å². The fourth-order valence-electron chi connectivity index (χ4n) is 3.11. The molecule has 4 nitrogen and oxygen atoms in total. The van der Waals surface area contributed by atoms with Gasteiger partial charge in [-0.2, -0.15) is 5.26 Å². The zero-order valence-electron chi connectivity index (χ0n) is 12.8. The highest BCUT2D eigenvalue weighted by Gasteiger charge is 2.72. The van der Waals surface area contributed by atoms with E-state index in [1.165, 1.54) is 36.4 Å². The van der Waals surface area contributed by atoms with E-state index in [1.807, 2.05) is 13.0 Å². The Labute approximate surface area is 139 Å². The topological polar surface area (TPSA) is 75.0 Å². The van der Waals surface area contributed by atoms with Gasteiger partial charge in [0.2, 0.25) is 0 Å². The molecular formula is C18H14FNO3S. The fourth-order valence-corrected chi connectivity index (χ4v) is 5.34. The Balaban J connectivity index is 2.08. The molecule has 6 heteroatoms. The molecular weight excluding hydrogens is 329 g/mol. The number of carbonyl (C=O) groups is 1. The van der Waals surface area contributed by atoms with E-state index in [2.05, 4.69) is 0 Å². The lowest BCUT2D eigenvalue weighted by molar-refractivity contribution is -0.110. The van der Waals surface area contributed by atoms with Crippen LogP contribution in [0.25, 0.3) is 0 Å². The van der Waals surface area contributed by atoms with E-state index in [4.69, 9.17) is 0 Å². The second-order valence-corrected chi connectivity index (χ2v) is 8.04. The highest BCUT2D eigenvalue weighted by molar-refractivity contribution is 7.92. The molecule has 0 aromatic heterocycles. The molecule has 3 unspecified atom stereocenters. The van der Waals surface area contributed by atoms with Crippen molar-refractivity contribution in [1.82, 2.24) is 0 Å². The summed E-state index contributed by atoms with van der Waals surface area (Å²) in [4.78, 5) is 11.6. The Hall–Kier alpha value is -2.52. The molecule has 1 aliphatic rings. The van der Waals surface area contributed by atoms with Crippen LogP contribution in [0.5, 0.6) is 0 Å². The number of aldehydes is 1. The lowest BCUT2D eigenvalue weighted by Gasteiger charge is -2.05. The molecule has 0 heterocycles.